The van der Waals surface area contributed by atoms with Crippen LogP contribution in [0.4, 0.5) is 10.7 Å². The van der Waals surface area contributed by atoms with Crippen LogP contribution in [0.3, 0.4) is 0 Å². The average molecular weight is 291 g/mol. The zero-order chi connectivity index (χ0) is 15.3. The number of amides is 1. The third kappa shape index (κ3) is 1.57. The molecular weight excluding hydrogens is 280 g/mol. The Morgan fingerprint density at radius 1 is 0.955 bits per heavy atom. The Hall–Kier alpha value is -3.15. The molecular formula is C16H11N4O2+. The summed E-state index contributed by atoms with van der Waals surface area (Å²) in [5, 5.41) is 7.96. The van der Waals surface area contributed by atoms with Gasteiger partial charge in [-0.15, -0.1) is 4.57 Å². The zero-order valence-corrected chi connectivity index (χ0v) is 11.7. The largest absolute Gasteiger partial charge is 0.483 e. The molecule has 0 spiro atoms. The van der Waals surface area contributed by atoms with E-state index in [0.717, 1.165) is 5.56 Å². The first-order valence-electron chi connectivity index (χ1n) is 6.80. The first-order chi connectivity index (χ1) is 10.7. The van der Waals surface area contributed by atoms with Crippen molar-refractivity contribution in [2.24, 2.45) is 10.2 Å². The lowest BCUT2D eigenvalue weighted by Crippen LogP contribution is -2.43. The molecule has 0 saturated carbocycles. The molecule has 0 atom stereocenters. The van der Waals surface area contributed by atoms with E-state index in [1.807, 2.05) is 31.2 Å². The Bertz CT molecular complexity index is 1030. The highest BCUT2D eigenvalue weighted by Crippen LogP contribution is 2.22. The number of nitrogens with zero attached hydrogens (tertiary/aromatic N) is 4. The van der Waals surface area contributed by atoms with Gasteiger partial charge in [0.1, 0.15) is 5.52 Å². The van der Waals surface area contributed by atoms with E-state index in [9.17, 15) is 9.59 Å². The third-order valence-electron chi connectivity index (χ3n) is 3.75. The molecule has 6 nitrogen and oxygen atoms in total. The molecule has 3 aromatic rings. The zero-order valence-electron chi connectivity index (χ0n) is 11.7. The van der Waals surface area contributed by atoms with Crippen LogP contribution in [-0.2, 0) is 0 Å². The molecule has 1 aliphatic rings. The minimum absolute atomic E-state index is 0.218. The van der Waals surface area contributed by atoms with Gasteiger partial charge >= 0.3 is 17.5 Å². The smallest absolute Gasteiger partial charge is 0.254 e. The van der Waals surface area contributed by atoms with Gasteiger partial charge in [0.05, 0.1) is 21.3 Å². The van der Waals surface area contributed by atoms with E-state index < -0.39 is 6.03 Å². The Morgan fingerprint density at radius 2 is 1.68 bits per heavy atom. The van der Waals surface area contributed by atoms with Gasteiger partial charge in [-0.3, -0.25) is 4.79 Å². The SMILES string of the molecule is Cc1ccccc1-n1c2[n+](c3ccccc3c1=O)C(=O)N=N2. The van der Waals surface area contributed by atoms with Gasteiger partial charge in [-0.2, -0.15) is 4.57 Å². The second-order valence-corrected chi connectivity index (χ2v) is 5.06. The maximum Gasteiger partial charge on any atom is 0.483 e. The number of para-hydroxylation sites is 2. The molecule has 0 saturated heterocycles. The Balaban J connectivity index is 2.24. The van der Waals surface area contributed by atoms with Crippen molar-refractivity contribution in [2.75, 3.05) is 0 Å². The van der Waals surface area contributed by atoms with Crippen LogP contribution in [0.5, 0.6) is 0 Å². The van der Waals surface area contributed by atoms with Gasteiger partial charge in [-0.05, 0) is 30.7 Å². The maximum absolute atomic E-state index is 12.9. The fourth-order valence-electron chi connectivity index (χ4n) is 2.71. The average Bonchev–Trinajstić information content (AvgIpc) is 2.91. The summed E-state index contributed by atoms with van der Waals surface area (Å²) in [6, 6.07) is 13.9. The van der Waals surface area contributed by atoms with Crippen LogP contribution in [0, 0.1) is 6.92 Å². The molecule has 2 aromatic carbocycles. The van der Waals surface area contributed by atoms with Crippen molar-refractivity contribution in [3.8, 4) is 5.69 Å². The van der Waals surface area contributed by atoms with Gasteiger partial charge in [0.2, 0.25) is 0 Å². The Kier molecular flexibility index (Phi) is 2.53. The van der Waals surface area contributed by atoms with Gasteiger partial charge in [-0.1, -0.05) is 30.3 Å². The van der Waals surface area contributed by atoms with E-state index >= 15 is 0 Å². The molecule has 0 N–H and O–H groups in total. The van der Waals surface area contributed by atoms with Crippen molar-refractivity contribution >= 4 is 22.9 Å². The van der Waals surface area contributed by atoms with Crippen LogP contribution >= 0.6 is 0 Å². The minimum atomic E-state index is -0.492. The molecule has 1 aliphatic heterocycles. The monoisotopic (exact) mass is 291 g/mol. The highest BCUT2D eigenvalue weighted by Gasteiger charge is 2.34. The fourth-order valence-corrected chi connectivity index (χ4v) is 2.71. The van der Waals surface area contributed by atoms with Gasteiger partial charge in [0.15, 0.2) is 0 Å². The van der Waals surface area contributed by atoms with Gasteiger partial charge in [0, 0.05) is 0 Å². The molecule has 2 heterocycles. The molecule has 0 unspecified atom stereocenters. The van der Waals surface area contributed by atoms with E-state index in [2.05, 4.69) is 10.2 Å². The predicted molar refractivity (Wildman–Crippen MR) is 79.8 cm³/mol. The predicted octanol–water partition coefficient (Wildman–Crippen LogP) is 2.65. The lowest BCUT2D eigenvalue weighted by Gasteiger charge is -2.08. The van der Waals surface area contributed by atoms with Crippen molar-refractivity contribution in [1.29, 1.82) is 0 Å². The first-order valence-corrected chi connectivity index (χ1v) is 6.80. The van der Waals surface area contributed by atoms with Crippen LogP contribution in [0.1, 0.15) is 5.56 Å². The molecule has 0 aliphatic carbocycles. The van der Waals surface area contributed by atoms with Crippen molar-refractivity contribution in [3.05, 3.63) is 64.4 Å². The van der Waals surface area contributed by atoms with E-state index in [1.54, 1.807) is 24.3 Å². The van der Waals surface area contributed by atoms with Gasteiger partial charge in [0.25, 0.3) is 0 Å². The quantitative estimate of drug-likeness (QED) is 0.647. The highest BCUT2D eigenvalue weighted by atomic mass is 16.2. The molecule has 22 heavy (non-hydrogen) atoms. The summed E-state index contributed by atoms with van der Waals surface area (Å²) >= 11 is 0. The molecule has 6 heteroatoms. The Morgan fingerprint density at radius 3 is 2.50 bits per heavy atom. The third-order valence-corrected chi connectivity index (χ3v) is 3.75. The van der Waals surface area contributed by atoms with E-state index in [4.69, 9.17) is 0 Å². The summed E-state index contributed by atoms with van der Waals surface area (Å²) in [5.41, 5.74) is 1.90. The van der Waals surface area contributed by atoms with E-state index in [-0.39, 0.29) is 11.5 Å². The topological polar surface area (TPSA) is 67.7 Å². The summed E-state index contributed by atoms with van der Waals surface area (Å²) in [5.74, 6) is 0.225. The number of aromatic nitrogens is 2. The van der Waals surface area contributed by atoms with Crippen LogP contribution in [-0.4, -0.2) is 10.6 Å². The fraction of sp³-hybridized carbons (Fsp3) is 0.0625. The van der Waals surface area contributed by atoms with Crippen molar-refractivity contribution in [2.45, 2.75) is 6.92 Å². The number of fused-ring (bicyclic) bond motifs is 3. The van der Waals surface area contributed by atoms with Gasteiger partial charge < -0.3 is 0 Å². The normalized spacial score (nSPS) is 12.9. The number of rotatable bonds is 1. The van der Waals surface area contributed by atoms with Crippen molar-refractivity contribution in [3.63, 3.8) is 0 Å². The number of benzene rings is 2. The van der Waals surface area contributed by atoms with Crippen LogP contribution in [0.15, 0.2) is 63.6 Å². The van der Waals surface area contributed by atoms with Crippen molar-refractivity contribution in [1.82, 2.24) is 4.57 Å². The number of carbonyl (C=O) groups is 1. The van der Waals surface area contributed by atoms with Crippen LogP contribution < -0.4 is 10.1 Å². The molecule has 4 rings (SSSR count). The molecule has 106 valence electrons. The molecule has 0 bridgehead atoms. The summed E-state index contributed by atoms with van der Waals surface area (Å²) in [4.78, 5) is 24.9. The summed E-state index contributed by atoms with van der Waals surface area (Å²) in [6.45, 7) is 1.90. The summed E-state index contributed by atoms with van der Waals surface area (Å²) < 4.78 is 2.80. The van der Waals surface area contributed by atoms with Gasteiger partial charge in [-0.25, -0.2) is 4.79 Å². The minimum Gasteiger partial charge on any atom is -0.254 e. The first kappa shape index (κ1) is 12.6. The summed E-state index contributed by atoms with van der Waals surface area (Å²) in [7, 11) is 0. The maximum atomic E-state index is 12.9. The second-order valence-electron chi connectivity index (χ2n) is 5.06. The number of azo groups is 1. The summed E-state index contributed by atoms with van der Waals surface area (Å²) in [6.07, 6.45) is 0. The van der Waals surface area contributed by atoms with E-state index in [1.165, 1.54) is 9.13 Å². The highest BCUT2D eigenvalue weighted by molar-refractivity contribution is 5.81. The Labute approximate surface area is 125 Å². The lowest BCUT2D eigenvalue weighted by molar-refractivity contribution is -0.525. The number of hydrogen-bond donors (Lipinski definition) is 0. The lowest BCUT2D eigenvalue weighted by atomic mass is 10.2. The molecule has 1 aromatic heterocycles. The van der Waals surface area contributed by atoms with Crippen LogP contribution in [0.2, 0.25) is 0 Å². The molecule has 0 fully saturated rings. The number of hydrogen-bond acceptors (Lipinski definition) is 3. The second kappa shape index (κ2) is 4.42. The van der Waals surface area contributed by atoms with E-state index in [0.29, 0.717) is 16.6 Å². The number of carbonyl (C=O) groups excluding carboxylic acids is 1. The van der Waals surface area contributed by atoms with Crippen molar-refractivity contribution < 1.29 is 9.36 Å². The van der Waals surface area contributed by atoms with Crippen LogP contribution in [0.25, 0.3) is 16.6 Å². The standard InChI is InChI=1S/C16H11N4O2/c1-10-6-2-4-8-12(10)19-14(21)11-7-3-5-9-13(11)20-15(19)17-18-16(20)22/h2-9H,1H3/q+1. The molecule has 1 amide bonds. The molecule has 0 radical (unpaired) electrons. The number of aryl methyl sites for hydroxylation is 1.